The largest absolute Gasteiger partial charge is 0.228 e. The Labute approximate surface area is 363 Å². The van der Waals surface area contributed by atoms with E-state index in [-0.39, 0.29) is 5.41 Å². The minimum atomic E-state index is -0.00378. The second-order valence-electron chi connectivity index (χ2n) is 16.8. The molecule has 0 aliphatic heterocycles. The van der Waals surface area contributed by atoms with E-state index in [0.29, 0.717) is 5.82 Å². The van der Waals surface area contributed by atoms with Crippen molar-refractivity contribution in [2.24, 2.45) is 0 Å². The van der Waals surface area contributed by atoms with Crippen molar-refractivity contribution < 1.29 is 0 Å². The predicted molar refractivity (Wildman–Crippen MR) is 254 cm³/mol. The van der Waals surface area contributed by atoms with Gasteiger partial charge in [-0.15, -0.1) is 0 Å². The van der Waals surface area contributed by atoms with Crippen molar-refractivity contribution in [2.75, 3.05) is 0 Å². The topological polar surface area (TPSA) is 49.6 Å². The zero-order chi connectivity index (χ0) is 41.5. The Kier molecular flexibility index (Phi) is 9.48. The summed E-state index contributed by atoms with van der Waals surface area (Å²) in [7, 11) is 0. The van der Waals surface area contributed by atoms with Gasteiger partial charge in [-0.2, -0.15) is 5.26 Å². The van der Waals surface area contributed by atoms with Gasteiger partial charge in [0.05, 0.1) is 23.0 Å². The number of fused-ring (bicyclic) bond motifs is 5. The van der Waals surface area contributed by atoms with Gasteiger partial charge in [0.25, 0.3) is 0 Å². The molecule has 1 heterocycles. The van der Waals surface area contributed by atoms with Gasteiger partial charge in [0, 0.05) is 22.1 Å². The molecule has 1 spiro atoms. The molecular formula is C59H43N3. The van der Waals surface area contributed by atoms with Crippen molar-refractivity contribution in [2.45, 2.75) is 37.5 Å². The van der Waals surface area contributed by atoms with E-state index >= 15 is 0 Å². The molecule has 0 amide bonds. The highest BCUT2D eigenvalue weighted by molar-refractivity contribution is 5.94. The van der Waals surface area contributed by atoms with Crippen molar-refractivity contribution >= 4 is 0 Å². The van der Waals surface area contributed by atoms with E-state index in [0.717, 1.165) is 57.6 Å². The van der Waals surface area contributed by atoms with Crippen LogP contribution in [0.15, 0.2) is 200 Å². The second kappa shape index (κ2) is 15.7. The van der Waals surface area contributed by atoms with Gasteiger partial charge in [-0.3, -0.25) is 0 Å². The summed E-state index contributed by atoms with van der Waals surface area (Å²) in [6, 6.07) is 73.7. The van der Waals surface area contributed by atoms with Crippen LogP contribution in [0.5, 0.6) is 0 Å². The van der Waals surface area contributed by atoms with E-state index < -0.39 is 0 Å². The second-order valence-corrected chi connectivity index (χ2v) is 16.8. The van der Waals surface area contributed by atoms with E-state index in [1.165, 1.54) is 74.9 Å². The summed E-state index contributed by atoms with van der Waals surface area (Å²) < 4.78 is 0. The highest BCUT2D eigenvalue weighted by Crippen LogP contribution is 2.58. The van der Waals surface area contributed by atoms with Crippen LogP contribution in [0.3, 0.4) is 0 Å². The molecule has 8 aromatic carbocycles. The summed E-state index contributed by atoms with van der Waals surface area (Å²) in [5, 5.41) is 9.84. The van der Waals surface area contributed by atoms with E-state index in [9.17, 15) is 5.26 Å². The molecule has 3 nitrogen and oxygen atoms in total. The monoisotopic (exact) mass is 793 g/mol. The quantitative estimate of drug-likeness (QED) is 0.161. The molecule has 0 bridgehead atoms. The molecule has 1 aromatic heterocycles. The first kappa shape index (κ1) is 37.3. The molecule has 0 saturated heterocycles. The van der Waals surface area contributed by atoms with Gasteiger partial charge in [0.15, 0.2) is 5.82 Å². The number of hydrogen-bond acceptors (Lipinski definition) is 3. The lowest BCUT2D eigenvalue weighted by Crippen LogP contribution is -2.28. The molecule has 1 saturated carbocycles. The van der Waals surface area contributed by atoms with Gasteiger partial charge < -0.3 is 0 Å². The Morgan fingerprint density at radius 1 is 0.371 bits per heavy atom. The first-order valence-electron chi connectivity index (χ1n) is 21.7. The fraction of sp³-hybridized carbons (Fsp3) is 0.102. The Balaban J connectivity index is 0.881. The number of aromatic nitrogens is 2. The van der Waals surface area contributed by atoms with Crippen LogP contribution in [0.4, 0.5) is 0 Å². The molecule has 2 aliphatic rings. The van der Waals surface area contributed by atoms with E-state index in [2.05, 4.69) is 176 Å². The van der Waals surface area contributed by atoms with E-state index in [1.54, 1.807) is 0 Å². The van der Waals surface area contributed by atoms with Crippen LogP contribution in [0.1, 0.15) is 48.8 Å². The smallest absolute Gasteiger partial charge is 0.160 e. The van der Waals surface area contributed by atoms with Crippen molar-refractivity contribution in [3.8, 4) is 95.6 Å². The SMILES string of the molecule is N#Cc1ccc2c(c1)C1(CCCCC1)c1cccc(-c3cccc(-c4ccc(-c5ccc(-c6cc(-c7ccc(-c8ccccc8)cc7)nc(-c7ccccc7)n6)cc5)cc4)c3)c1-2. The van der Waals surface area contributed by atoms with Crippen molar-refractivity contribution in [1.82, 2.24) is 9.97 Å². The maximum atomic E-state index is 9.84. The first-order valence-corrected chi connectivity index (χ1v) is 21.7. The summed E-state index contributed by atoms with van der Waals surface area (Å²) >= 11 is 0. The number of benzene rings is 8. The Morgan fingerprint density at radius 2 is 0.871 bits per heavy atom. The summed E-state index contributed by atoms with van der Waals surface area (Å²) in [6.07, 6.45) is 6.01. The molecule has 1 fully saturated rings. The Hall–Kier alpha value is -7.67. The van der Waals surface area contributed by atoms with Crippen molar-refractivity contribution in [3.05, 3.63) is 217 Å². The number of hydrogen-bond donors (Lipinski definition) is 0. The highest BCUT2D eigenvalue weighted by atomic mass is 14.9. The lowest BCUT2D eigenvalue weighted by Gasteiger charge is -2.36. The Morgan fingerprint density at radius 3 is 1.47 bits per heavy atom. The standard InChI is InChI=1S/C59H43N3/c60-39-40-20-33-52-54(36-40)59(34-8-3-9-35-59)53-19-11-18-51(57(52)53)50-17-10-16-49(37-50)45-23-21-43(22-24-45)44-27-31-47(32-28-44)56-38-55(61-58(62-56)48-14-6-2-7-15-48)46-29-25-42(26-30-46)41-12-4-1-5-13-41/h1-2,4-7,10-33,36-38H,3,8-9,34-35H2. The van der Waals surface area contributed by atoms with E-state index in [4.69, 9.17) is 9.97 Å². The summed E-state index contributed by atoms with van der Waals surface area (Å²) in [4.78, 5) is 10.1. The third-order valence-corrected chi connectivity index (χ3v) is 13.2. The molecular weight excluding hydrogens is 751 g/mol. The number of nitrogens with zero attached hydrogens (tertiary/aromatic N) is 3. The van der Waals surface area contributed by atoms with Crippen molar-refractivity contribution in [3.63, 3.8) is 0 Å². The van der Waals surface area contributed by atoms with Gasteiger partial charge in [0.2, 0.25) is 0 Å². The maximum Gasteiger partial charge on any atom is 0.160 e. The third kappa shape index (κ3) is 6.71. The van der Waals surface area contributed by atoms with Gasteiger partial charge in [-0.1, -0.05) is 195 Å². The average Bonchev–Trinajstić information content (AvgIpc) is 3.62. The van der Waals surface area contributed by atoms with Crippen molar-refractivity contribution in [1.29, 1.82) is 5.26 Å². The molecule has 62 heavy (non-hydrogen) atoms. The van der Waals surface area contributed by atoms with Crippen LogP contribution >= 0.6 is 0 Å². The molecule has 11 rings (SSSR count). The summed E-state index contributed by atoms with van der Waals surface area (Å²) in [6.45, 7) is 0. The lowest BCUT2D eigenvalue weighted by atomic mass is 9.67. The number of nitriles is 1. The molecule has 0 radical (unpaired) electrons. The minimum Gasteiger partial charge on any atom is -0.228 e. The predicted octanol–water partition coefficient (Wildman–Crippen LogP) is 15.2. The third-order valence-electron chi connectivity index (χ3n) is 13.2. The molecule has 0 unspecified atom stereocenters. The van der Waals surface area contributed by atoms with Gasteiger partial charge >= 0.3 is 0 Å². The Bertz CT molecular complexity index is 3120. The molecule has 3 heteroatoms. The summed E-state index contributed by atoms with van der Waals surface area (Å²) in [5.74, 6) is 0.706. The molecule has 9 aromatic rings. The number of rotatable bonds is 7. The van der Waals surface area contributed by atoms with Crippen LogP contribution in [-0.2, 0) is 5.41 Å². The van der Waals surface area contributed by atoms with Crippen LogP contribution in [0.25, 0.3) is 89.5 Å². The zero-order valence-electron chi connectivity index (χ0n) is 34.4. The lowest BCUT2D eigenvalue weighted by molar-refractivity contribution is 0.353. The fourth-order valence-corrected chi connectivity index (χ4v) is 10.0. The maximum absolute atomic E-state index is 9.84. The average molecular weight is 794 g/mol. The highest BCUT2D eigenvalue weighted by Gasteiger charge is 2.44. The molecule has 0 N–H and O–H groups in total. The van der Waals surface area contributed by atoms with Gasteiger partial charge in [-0.25, -0.2) is 9.97 Å². The van der Waals surface area contributed by atoms with Crippen LogP contribution < -0.4 is 0 Å². The van der Waals surface area contributed by atoms with E-state index in [1.807, 2.05) is 30.3 Å². The summed E-state index contributed by atoms with van der Waals surface area (Å²) in [5.41, 5.74) is 20.6. The van der Waals surface area contributed by atoms with Gasteiger partial charge in [0.1, 0.15) is 0 Å². The normalized spacial score (nSPS) is 13.6. The molecule has 294 valence electrons. The molecule has 0 atom stereocenters. The minimum absolute atomic E-state index is 0.00378. The zero-order valence-corrected chi connectivity index (χ0v) is 34.4. The first-order chi connectivity index (χ1) is 30.6. The molecule has 2 aliphatic carbocycles. The van der Waals surface area contributed by atoms with Crippen LogP contribution in [0, 0.1) is 11.3 Å². The fourth-order valence-electron chi connectivity index (χ4n) is 10.0. The van der Waals surface area contributed by atoms with Crippen LogP contribution in [0.2, 0.25) is 0 Å². The van der Waals surface area contributed by atoms with Gasteiger partial charge in [-0.05, 0) is 104 Å². The van der Waals surface area contributed by atoms with Crippen LogP contribution in [-0.4, -0.2) is 9.97 Å².